The number of anilines is 6. The zero-order chi connectivity index (χ0) is 49.8. The van der Waals surface area contributed by atoms with Crippen molar-refractivity contribution in [2.75, 3.05) is 9.80 Å². The van der Waals surface area contributed by atoms with E-state index in [2.05, 4.69) is 266 Å². The van der Waals surface area contributed by atoms with Crippen LogP contribution in [0.3, 0.4) is 0 Å². The Kier molecular flexibility index (Phi) is 8.80. The molecule has 0 amide bonds. The van der Waals surface area contributed by atoms with E-state index in [0.29, 0.717) is 0 Å². The quantitative estimate of drug-likeness (QED) is 0.167. The maximum atomic E-state index is 6.06. The second kappa shape index (κ2) is 15.3. The predicted molar refractivity (Wildman–Crippen MR) is 313 cm³/mol. The Labute approximate surface area is 428 Å². The molecule has 5 heterocycles. The number of nitrogens with zero attached hydrogens (tertiary/aromatic N) is 6. The summed E-state index contributed by atoms with van der Waals surface area (Å²) in [6.45, 7) is 13.9. The van der Waals surface area contributed by atoms with E-state index >= 15 is 0 Å². The highest BCUT2D eigenvalue weighted by atomic mass is 15.2. The van der Waals surface area contributed by atoms with Gasteiger partial charge in [-0.15, -0.1) is 0 Å². The van der Waals surface area contributed by atoms with Gasteiger partial charge in [-0.2, -0.15) is 0 Å². The third-order valence-electron chi connectivity index (χ3n) is 15.7. The van der Waals surface area contributed by atoms with Crippen LogP contribution in [0.15, 0.2) is 206 Å². The first kappa shape index (κ1) is 42.7. The van der Waals surface area contributed by atoms with E-state index in [-0.39, 0.29) is 10.8 Å². The van der Waals surface area contributed by atoms with Crippen molar-refractivity contribution in [2.24, 2.45) is 0 Å². The molecule has 0 aliphatic rings. The van der Waals surface area contributed by atoms with E-state index in [9.17, 15) is 0 Å². The molecule has 0 saturated carbocycles. The molecule has 6 nitrogen and oxygen atoms in total. The van der Waals surface area contributed by atoms with Gasteiger partial charge in [0.2, 0.25) is 0 Å². The molecule has 354 valence electrons. The lowest BCUT2D eigenvalue weighted by Gasteiger charge is -2.28. The van der Waals surface area contributed by atoms with E-state index in [1.54, 1.807) is 0 Å². The SMILES string of the molecule is CC(C)(C)c1cc2c3cc4ccccc4c(N(c4ccccc4)c4ccccc4)c3n3c4nc5c6cc(C(C)(C)C)cc7c8cc9ccccc9c(N(c9ccccc9)c9ccccc9)c8n(c5nc4c(c1)c23)c76. The van der Waals surface area contributed by atoms with Crippen molar-refractivity contribution in [3.63, 3.8) is 0 Å². The molecular formula is C68H52N6. The van der Waals surface area contributed by atoms with Crippen molar-refractivity contribution >= 4 is 132 Å². The molecule has 0 aliphatic heterocycles. The lowest BCUT2D eigenvalue weighted by Crippen LogP contribution is -2.11. The van der Waals surface area contributed by atoms with Crippen LogP contribution in [-0.2, 0) is 10.8 Å². The van der Waals surface area contributed by atoms with Gasteiger partial charge in [-0.1, -0.05) is 163 Å². The second-order valence-corrected chi connectivity index (χ2v) is 22.3. The van der Waals surface area contributed by atoms with Crippen LogP contribution in [-0.4, -0.2) is 18.8 Å². The number of fused-ring (bicyclic) bond motifs is 14. The third-order valence-corrected chi connectivity index (χ3v) is 15.7. The number of hydrogen-bond acceptors (Lipinski definition) is 4. The molecule has 0 radical (unpaired) electrons. The Morgan fingerprint density at radius 2 is 0.608 bits per heavy atom. The van der Waals surface area contributed by atoms with Crippen LogP contribution in [0.5, 0.6) is 0 Å². The molecule has 0 unspecified atom stereocenters. The first-order chi connectivity index (χ1) is 36.0. The Bertz CT molecular complexity index is 4330. The molecule has 5 aromatic heterocycles. The van der Waals surface area contributed by atoms with Crippen molar-refractivity contribution in [1.29, 1.82) is 0 Å². The van der Waals surface area contributed by atoms with Gasteiger partial charge in [0.05, 0.1) is 33.4 Å². The number of rotatable bonds is 6. The third kappa shape index (κ3) is 5.99. The van der Waals surface area contributed by atoms with Crippen LogP contribution >= 0.6 is 0 Å². The molecule has 0 saturated heterocycles. The molecule has 0 spiro atoms. The topological polar surface area (TPSA) is 41.1 Å². The Hall–Kier alpha value is -9.00. The fourth-order valence-corrected chi connectivity index (χ4v) is 12.2. The van der Waals surface area contributed by atoms with Crippen LogP contribution in [0.4, 0.5) is 34.1 Å². The molecule has 0 N–H and O–H groups in total. The van der Waals surface area contributed by atoms with E-state index in [4.69, 9.17) is 9.97 Å². The van der Waals surface area contributed by atoms with Crippen LogP contribution < -0.4 is 9.80 Å². The van der Waals surface area contributed by atoms with Crippen molar-refractivity contribution in [1.82, 2.24) is 18.8 Å². The van der Waals surface area contributed by atoms with Gasteiger partial charge in [0.1, 0.15) is 11.0 Å². The second-order valence-electron chi connectivity index (χ2n) is 22.3. The average molecular weight is 953 g/mol. The van der Waals surface area contributed by atoms with Gasteiger partial charge >= 0.3 is 0 Å². The Morgan fingerprint density at radius 1 is 0.311 bits per heavy atom. The minimum absolute atomic E-state index is 0.150. The van der Waals surface area contributed by atoms with Crippen molar-refractivity contribution in [3.8, 4) is 0 Å². The smallest absolute Gasteiger partial charge is 0.165 e. The normalized spacial score (nSPS) is 12.7. The molecule has 74 heavy (non-hydrogen) atoms. The van der Waals surface area contributed by atoms with E-state index in [1.807, 2.05) is 0 Å². The highest BCUT2D eigenvalue weighted by molar-refractivity contribution is 6.31. The number of aromatic nitrogens is 4. The van der Waals surface area contributed by atoms with Crippen molar-refractivity contribution in [2.45, 2.75) is 52.4 Å². The number of benzene rings is 10. The van der Waals surface area contributed by atoms with E-state index in [0.717, 1.165) is 100 Å². The molecule has 0 fully saturated rings. The van der Waals surface area contributed by atoms with E-state index in [1.165, 1.54) is 43.4 Å². The molecule has 6 heteroatoms. The predicted octanol–water partition coefficient (Wildman–Crippen LogP) is 18.6. The lowest BCUT2D eigenvalue weighted by molar-refractivity contribution is 0.591. The van der Waals surface area contributed by atoms with Gasteiger partial charge in [0.25, 0.3) is 0 Å². The van der Waals surface area contributed by atoms with Crippen molar-refractivity contribution < 1.29 is 0 Å². The van der Waals surface area contributed by atoms with E-state index < -0.39 is 0 Å². The summed E-state index contributed by atoms with van der Waals surface area (Å²) in [6, 6.07) is 75.5. The monoisotopic (exact) mass is 952 g/mol. The summed E-state index contributed by atoms with van der Waals surface area (Å²) in [5.74, 6) is 0. The maximum absolute atomic E-state index is 6.06. The summed E-state index contributed by atoms with van der Waals surface area (Å²) < 4.78 is 4.94. The largest absolute Gasteiger partial charge is 0.308 e. The zero-order valence-electron chi connectivity index (χ0n) is 42.3. The fraction of sp³-hybridized carbons (Fsp3) is 0.118. The van der Waals surface area contributed by atoms with Gasteiger partial charge in [-0.3, -0.25) is 8.80 Å². The van der Waals surface area contributed by atoms with Gasteiger partial charge in [0.15, 0.2) is 11.3 Å². The summed E-state index contributed by atoms with van der Waals surface area (Å²) >= 11 is 0. The van der Waals surface area contributed by atoms with Crippen LogP contribution in [0, 0.1) is 0 Å². The zero-order valence-corrected chi connectivity index (χ0v) is 42.3. The van der Waals surface area contributed by atoms with Crippen LogP contribution in [0.1, 0.15) is 52.7 Å². The number of para-hydroxylation sites is 4. The minimum Gasteiger partial charge on any atom is -0.308 e. The standard InChI is InChI=1S/C68H52N6/c1-67(2,3)43-37-53-51-35-41-23-19-21-33-49(41)61(71(45-25-11-7-12-26-45)46-27-13-8-14-28-46)63(51)73-59(53)55(39-43)57-65(73)70-58-56-40-44(68(4,5)6)38-54-52-36-42-24-20-22-34-50(42)62(64(52)74(60(54)56)66(58)69-57)72(47-29-15-9-16-30-47)48-31-17-10-18-32-48/h7-40H,1-6H3. The molecular weight excluding hydrogens is 901 g/mol. The maximum Gasteiger partial charge on any atom is 0.165 e. The van der Waals surface area contributed by atoms with Gasteiger partial charge < -0.3 is 9.80 Å². The summed E-state index contributed by atoms with van der Waals surface area (Å²) in [6.07, 6.45) is 0. The fourth-order valence-electron chi connectivity index (χ4n) is 12.2. The highest BCUT2D eigenvalue weighted by Gasteiger charge is 2.32. The molecule has 0 atom stereocenters. The van der Waals surface area contributed by atoms with Gasteiger partial charge in [-0.05, 0) is 118 Å². The summed E-state index contributed by atoms with van der Waals surface area (Å²) in [5.41, 5.74) is 16.8. The number of hydrogen-bond donors (Lipinski definition) is 0. The highest BCUT2D eigenvalue weighted by Crippen LogP contribution is 2.53. The molecule has 0 aliphatic carbocycles. The van der Waals surface area contributed by atoms with Crippen LogP contribution in [0.2, 0.25) is 0 Å². The summed E-state index contributed by atoms with van der Waals surface area (Å²) in [7, 11) is 0. The molecule has 15 rings (SSSR count). The lowest BCUT2D eigenvalue weighted by atomic mass is 9.85. The molecule has 0 bridgehead atoms. The minimum atomic E-state index is -0.150. The molecule has 15 aromatic rings. The first-order valence-corrected chi connectivity index (χ1v) is 25.8. The summed E-state index contributed by atoms with van der Waals surface area (Å²) in [4.78, 5) is 17.0. The first-order valence-electron chi connectivity index (χ1n) is 25.8. The van der Waals surface area contributed by atoms with Crippen LogP contribution in [0.25, 0.3) is 98.3 Å². The van der Waals surface area contributed by atoms with Gasteiger partial charge in [-0.25, -0.2) is 9.97 Å². The average Bonchev–Trinajstić information content (AvgIpc) is 4.16. The Morgan fingerprint density at radius 3 is 0.946 bits per heavy atom. The Balaban J connectivity index is 1.18. The molecule has 10 aromatic carbocycles. The van der Waals surface area contributed by atoms with Gasteiger partial charge in [0, 0.05) is 65.8 Å². The van der Waals surface area contributed by atoms with Crippen molar-refractivity contribution in [3.05, 3.63) is 217 Å². The summed E-state index contributed by atoms with van der Waals surface area (Å²) in [5, 5.41) is 11.7.